The first-order chi connectivity index (χ1) is 13.7. The molecule has 7 N–H and O–H groups in total. The number of rotatable bonds is 12. The Hall–Kier alpha value is -2.60. The Balaban J connectivity index is 2.51. The number of carboxylic acids is 1. The van der Waals surface area contributed by atoms with Crippen LogP contribution in [0.25, 0.3) is 0 Å². The van der Waals surface area contributed by atoms with Crippen LogP contribution in [0.4, 0.5) is 0 Å². The molecule has 29 heavy (non-hydrogen) atoms. The Morgan fingerprint density at radius 1 is 1.28 bits per heavy atom. The average Bonchev–Trinajstić information content (AvgIpc) is 3.20. The van der Waals surface area contributed by atoms with Gasteiger partial charge < -0.3 is 31.8 Å². The summed E-state index contributed by atoms with van der Waals surface area (Å²) in [5.41, 5.74) is 6.45. The van der Waals surface area contributed by atoms with Crippen LogP contribution in [0.3, 0.4) is 0 Å². The maximum absolute atomic E-state index is 12.3. The zero-order chi connectivity index (χ0) is 22.0. The van der Waals surface area contributed by atoms with Gasteiger partial charge in [-0.05, 0) is 5.92 Å². The fraction of sp³-hybridized carbons (Fsp3) is 0.588. The van der Waals surface area contributed by atoms with Crippen LogP contribution in [-0.2, 0) is 25.6 Å². The average molecular weight is 429 g/mol. The van der Waals surface area contributed by atoms with Gasteiger partial charge in [-0.2, -0.15) is 12.6 Å². The molecule has 0 aromatic carbocycles. The summed E-state index contributed by atoms with van der Waals surface area (Å²) in [6.07, 6.45) is 3.78. The number of aromatic amines is 1. The Labute approximate surface area is 174 Å². The summed E-state index contributed by atoms with van der Waals surface area (Å²) in [7, 11) is 0. The van der Waals surface area contributed by atoms with Crippen LogP contribution in [0.5, 0.6) is 0 Å². The van der Waals surface area contributed by atoms with Crippen molar-refractivity contribution in [2.45, 2.75) is 44.8 Å². The number of hydrogen-bond donors (Lipinski definition) is 7. The predicted molar refractivity (Wildman–Crippen MR) is 108 cm³/mol. The van der Waals surface area contributed by atoms with Gasteiger partial charge in [-0.15, -0.1) is 0 Å². The number of H-pyrrole nitrogens is 1. The third-order valence-electron chi connectivity index (χ3n) is 4.37. The molecule has 0 spiro atoms. The Morgan fingerprint density at radius 3 is 2.48 bits per heavy atom. The van der Waals surface area contributed by atoms with E-state index in [1.54, 1.807) is 13.1 Å². The minimum absolute atomic E-state index is 0.0439. The summed E-state index contributed by atoms with van der Waals surface area (Å²) in [5.74, 6) is -3.32. The van der Waals surface area contributed by atoms with Gasteiger partial charge in [0.1, 0.15) is 12.1 Å². The smallest absolute Gasteiger partial charge is 0.326 e. The van der Waals surface area contributed by atoms with Crippen molar-refractivity contribution in [2.24, 2.45) is 11.7 Å². The molecule has 0 saturated carbocycles. The van der Waals surface area contributed by atoms with Crippen LogP contribution in [0, 0.1) is 5.92 Å². The first kappa shape index (κ1) is 24.4. The molecule has 0 saturated heterocycles. The molecule has 0 aliphatic heterocycles. The van der Waals surface area contributed by atoms with Crippen LogP contribution >= 0.6 is 12.6 Å². The van der Waals surface area contributed by atoms with Gasteiger partial charge in [-0.3, -0.25) is 14.4 Å². The highest BCUT2D eigenvalue weighted by molar-refractivity contribution is 7.80. The first-order valence-corrected chi connectivity index (χ1v) is 9.76. The van der Waals surface area contributed by atoms with E-state index in [1.165, 1.54) is 6.33 Å². The molecule has 1 rings (SSSR count). The molecule has 0 aliphatic rings. The standard InChI is InChI=1S/C17H28N6O5S/c1-3-9(2)14(17(27)28)23-16(26)12(7-29)22-13(24)6-20-15(25)11(18)4-10-5-19-8-21-10/h5,8-9,11-12,14,29H,3-4,6-7,18H2,1-2H3,(H,19,21)(H,20,25)(H,22,24)(H,23,26)(H,27,28). The van der Waals surface area contributed by atoms with Gasteiger partial charge in [0.05, 0.1) is 18.9 Å². The van der Waals surface area contributed by atoms with E-state index in [-0.39, 0.29) is 24.6 Å². The van der Waals surface area contributed by atoms with E-state index in [4.69, 9.17) is 5.73 Å². The van der Waals surface area contributed by atoms with E-state index in [0.717, 1.165) is 0 Å². The number of hydrogen-bond acceptors (Lipinski definition) is 7. The van der Waals surface area contributed by atoms with Crippen molar-refractivity contribution in [1.82, 2.24) is 25.9 Å². The number of amides is 3. The fourth-order valence-corrected chi connectivity index (χ4v) is 2.66. The van der Waals surface area contributed by atoms with Crippen LogP contribution in [0.1, 0.15) is 26.0 Å². The summed E-state index contributed by atoms with van der Waals surface area (Å²) < 4.78 is 0. The van der Waals surface area contributed by atoms with E-state index in [0.29, 0.717) is 12.1 Å². The number of nitrogens with two attached hydrogens (primary N) is 1. The lowest BCUT2D eigenvalue weighted by atomic mass is 9.99. The van der Waals surface area contributed by atoms with Crippen molar-refractivity contribution < 1.29 is 24.3 Å². The van der Waals surface area contributed by atoms with Crippen molar-refractivity contribution in [3.8, 4) is 0 Å². The molecule has 0 radical (unpaired) electrons. The van der Waals surface area contributed by atoms with E-state index in [2.05, 4.69) is 38.5 Å². The molecule has 0 bridgehead atoms. The normalized spacial score (nSPS) is 14.9. The zero-order valence-electron chi connectivity index (χ0n) is 16.3. The largest absolute Gasteiger partial charge is 0.480 e. The van der Waals surface area contributed by atoms with Crippen LogP contribution in [0.2, 0.25) is 0 Å². The SMILES string of the molecule is CCC(C)C(NC(=O)C(CS)NC(=O)CNC(=O)C(N)Cc1cnc[nH]1)C(=O)O. The number of thiol groups is 1. The summed E-state index contributed by atoms with van der Waals surface area (Å²) in [4.78, 5) is 54.3. The molecular weight excluding hydrogens is 400 g/mol. The summed E-state index contributed by atoms with van der Waals surface area (Å²) in [6.45, 7) is 3.13. The molecular formula is C17H28N6O5S. The number of carboxylic acid groups (broad SMARTS) is 1. The highest BCUT2D eigenvalue weighted by atomic mass is 32.1. The number of aromatic nitrogens is 2. The Kier molecular flexibility index (Phi) is 10.2. The quantitative estimate of drug-likeness (QED) is 0.196. The lowest BCUT2D eigenvalue weighted by Gasteiger charge is -2.23. The van der Waals surface area contributed by atoms with Crippen LogP contribution in [0.15, 0.2) is 12.5 Å². The lowest BCUT2D eigenvalue weighted by Crippen LogP contribution is -2.55. The van der Waals surface area contributed by atoms with Crippen LogP contribution < -0.4 is 21.7 Å². The number of nitrogens with one attached hydrogen (secondary N) is 4. The number of nitrogens with zero attached hydrogens (tertiary/aromatic N) is 1. The maximum Gasteiger partial charge on any atom is 0.326 e. The van der Waals surface area contributed by atoms with Gasteiger partial charge in [0.15, 0.2) is 0 Å². The van der Waals surface area contributed by atoms with Gasteiger partial charge in [-0.1, -0.05) is 20.3 Å². The van der Waals surface area contributed by atoms with Gasteiger partial charge in [0.2, 0.25) is 17.7 Å². The molecule has 3 amide bonds. The molecule has 4 unspecified atom stereocenters. The molecule has 1 aromatic rings. The highest BCUT2D eigenvalue weighted by Crippen LogP contribution is 2.08. The third-order valence-corrected chi connectivity index (χ3v) is 4.73. The molecule has 12 heteroatoms. The van der Waals surface area contributed by atoms with Crippen molar-refractivity contribution in [3.05, 3.63) is 18.2 Å². The molecule has 0 aliphatic carbocycles. The summed E-state index contributed by atoms with van der Waals surface area (Å²) in [5, 5.41) is 16.5. The van der Waals surface area contributed by atoms with E-state index in [9.17, 15) is 24.3 Å². The second-order valence-corrected chi connectivity index (χ2v) is 6.98. The summed E-state index contributed by atoms with van der Waals surface area (Å²) in [6, 6.07) is -3.00. The third kappa shape index (κ3) is 8.11. The summed E-state index contributed by atoms with van der Waals surface area (Å²) >= 11 is 4.03. The molecule has 4 atom stereocenters. The molecule has 1 heterocycles. The van der Waals surface area contributed by atoms with Crippen molar-refractivity contribution in [1.29, 1.82) is 0 Å². The number of carbonyl (C=O) groups is 4. The number of aliphatic carboxylic acids is 1. The second kappa shape index (κ2) is 12.1. The van der Waals surface area contributed by atoms with Crippen molar-refractivity contribution in [3.63, 3.8) is 0 Å². The van der Waals surface area contributed by atoms with Gasteiger partial charge >= 0.3 is 5.97 Å². The van der Waals surface area contributed by atoms with Gasteiger partial charge in [-0.25, -0.2) is 9.78 Å². The van der Waals surface area contributed by atoms with Crippen LogP contribution in [-0.4, -0.2) is 69.2 Å². The van der Waals surface area contributed by atoms with E-state index < -0.39 is 41.8 Å². The molecule has 11 nitrogen and oxygen atoms in total. The second-order valence-electron chi connectivity index (χ2n) is 6.62. The monoisotopic (exact) mass is 428 g/mol. The Bertz CT molecular complexity index is 698. The lowest BCUT2D eigenvalue weighted by molar-refractivity contribution is -0.143. The van der Waals surface area contributed by atoms with Crippen molar-refractivity contribution in [2.75, 3.05) is 12.3 Å². The zero-order valence-corrected chi connectivity index (χ0v) is 17.2. The number of imidazole rings is 1. The fourth-order valence-electron chi connectivity index (χ4n) is 2.40. The number of carbonyl (C=O) groups excluding carboxylic acids is 3. The van der Waals surface area contributed by atoms with Gasteiger partial charge in [0.25, 0.3) is 0 Å². The van der Waals surface area contributed by atoms with E-state index in [1.807, 2.05) is 6.92 Å². The first-order valence-electron chi connectivity index (χ1n) is 9.13. The van der Waals surface area contributed by atoms with Crippen molar-refractivity contribution >= 4 is 36.3 Å². The predicted octanol–water partition coefficient (Wildman–Crippen LogP) is -1.57. The van der Waals surface area contributed by atoms with E-state index >= 15 is 0 Å². The highest BCUT2D eigenvalue weighted by Gasteiger charge is 2.29. The van der Waals surface area contributed by atoms with Gasteiger partial charge in [0, 0.05) is 24.1 Å². The molecule has 162 valence electrons. The molecule has 0 fully saturated rings. The Morgan fingerprint density at radius 2 is 1.97 bits per heavy atom. The molecule has 1 aromatic heterocycles. The maximum atomic E-state index is 12.3. The topological polar surface area (TPSA) is 179 Å². The minimum atomic E-state index is -1.16. The minimum Gasteiger partial charge on any atom is -0.480 e.